The average molecular weight is 311 g/mol. The van der Waals surface area contributed by atoms with E-state index in [9.17, 15) is 13.2 Å². The summed E-state index contributed by atoms with van der Waals surface area (Å²) in [5, 5.41) is 2.98. The van der Waals surface area contributed by atoms with Gasteiger partial charge in [0.1, 0.15) is 5.75 Å². The van der Waals surface area contributed by atoms with Gasteiger partial charge in [-0.15, -0.1) is 13.2 Å². The maximum atomic E-state index is 12.1. The minimum atomic E-state index is -4.70. The normalized spacial score (nSPS) is 18.6. The van der Waals surface area contributed by atoms with E-state index in [4.69, 9.17) is 5.73 Å². The number of alkyl halides is 3. The molecule has 0 atom stereocenters. The van der Waals surface area contributed by atoms with Crippen molar-refractivity contribution in [3.8, 4) is 5.75 Å². The molecule has 1 aromatic carbocycles. The molecule has 7 heteroatoms. The minimum absolute atomic E-state index is 0.265. The van der Waals surface area contributed by atoms with Gasteiger partial charge in [0.05, 0.1) is 5.54 Å². The van der Waals surface area contributed by atoms with Gasteiger partial charge in [0.25, 0.3) is 0 Å². The Morgan fingerprint density at radius 3 is 2.41 bits per heavy atom. The Bertz CT molecular complexity index is 432. The lowest BCUT2D eigenvalue weighted by atomic mass is 9.85. The van der Waals surface area contributed by atoms with Crippen LogP contribution in [0.5, 0.6) is 5.75 Å². The lowest BCUT2D eigenvalue weighted by Crippen LogP contribution is -2.62. The number of nitrogens with one attached hydrogen (secondary N) is 1. The first-order valence-corrected chi connectivity index (χ1v) is 5.64. The maximum absolute atomic E-state index is 12.1. The number of nitrogens with two attached hydrogens (primary N) is 1. The van der Waals surface area contributed by atoms with Crippen LogP contribution in [-0.4, -0.2) is 19.5 Å². The molecule has 1 heterocycles. The number of ether oxygens (including phenoxy) is 1. The SMILES string of the molecule is NC1(c2cc(Br)cc(OC(F)(F)F)c2)CNC1. The van der Waals surface area contributed by atoms with Crippen molar-refractivity contribution in [2.24, 2.45) is 5.73 Å². The third-order valence-electron chi connectivity index (χ3n) is 2.56. The molecule has 1 aliphatic heterocycles. The number of rotatable bonds is 2. The first-order valence-electron chi connectivity index (χ1n) is 4.85. The molecule has 0 unspecified atom stereocenters. The third-order valence-corrected chi connectivity index (χ3v) is 3.02. The molecule has 0 amide bonds. The maximum Gasteiger partial charge on any atom is 0.573 e. The fraction of sp³-hybridized carbons (Fsp3) is 0.400. The second-order valence-corrected chi connectivity index (χ2v) is 4.90. The van der Waals surface area contributed by atoms with Crippen LogP contribution in [0.25, 0.3) is 0 Å². The number of hydrogen-bond acceptors (Lipinski definition) is 3. The van der Waals surface area contributed by atoms with E-state index in [1.165, 1.54) is 12.1 Å². The van der Waals surface area contributed by atoms with Crippen LogP contribution in [-0.2, 0) is 5.54 Å². The van der Waals surface area contributed by atoms with Gasteiger partial charge in [0, 0.05) is 17.6 Å². The molecule has 0 aliphatic carbocycles. The molecule has 0 spiro atoms. The molecule has 0 bridgehead atoms. The highest BCUT2D eigenvalue weighted by Gasteiger charge is 2.36. The Balaban J connectivity index is 2.29. The van der Waals surface area contributed by atoms with Gasteiger partial charge in [0.15, 0.2) is 0 Å². The van der Waals surface area contributed by atoms with Crippen LogP contribution in [0.4, 0.5) is 13.2 Å². The fourth-order valence-electron chi connectivity index (χ4n) is 1.64. The second kappa shape index (κ2) is 4.15. The molecule has 3 nitrogen and oxygen atoms in total. The predicted molar refractivity (Wildman–Crippen MR) is 59.6 cm³/mol. The van der Waals surface area contributed by atoms with E-state index >= 15 is 0 Å². The number of hydrogen-bond donors (Lipinski definition) is 2. The van der Waals surface area contributed by atoms with Crippen molar-refractivity contribution in [3.05, 3.63) is 28.2 Å². The van der Waals surface area contributed by atoms with Crippen LogP contribution in [0.3, 0.4) is 0 Å². The van der Waals surface area contributed by atoms with Crippen molar-refractivity contribution in [2.45, 2.75) is 11.9 Å². The third kappa shape index (κ3) is 2.91. The van der Waals surface area contributed by atoms with Crippen molar-refractivity contribution in [3.63, 3.8) is 0 Å². The Kier molecular flexibility index (Phi) is 3.09. The summed E-state index contributed by atoms with van der Waals surface area (Å²) in [6.45, 7) is 1.07. The highest BCUT2D eigenvalue weighted by molar-refractivity contribution is 9.10. The fourth-order valence-corrected chi connectivity index (χ4v) is 2.11. The van der Waals surface area contributed by atoms with Crippen LogP contribution >= 0.6 is 15.9 Å². The van der Waals surface area contributed by atoms with Gasteiger partial charge in [-0.05, 0) is 23.8 Å². The lowest BCUT2D eigenvalue weighted by Gasteiger charge is -2.39. The molecule has 0 radical (unpaired) electrons. The number of halogens is 4. The van der Waals surface area contributed by atoms with Crippen LogP contribution in [0.1, 0.15) is 5.56 Å². The van der Waals surface area contributed by atoms with Crippen LogP contribution < -0.4 is 15.8 Å². The molecular weight excluding hydrogens is 301 g/mol. The molecule has 1 saturated heterocycles. The summed E-state index contributed by atoms with van der Waals surface area (Å²) in [6.07, 6.45) is -4.70. The van der Waals surface area contributed by atoms with Crippen LogP contribution in [0, 0.1) is 0 Å². The van der Waals surface area contributed by atoms with Crippen molar-refractivity contribution >= 4 is 15.9 Å². The van der Waals surface area contributed by atoms with Gasteiger partial charge in [-0.1, -0.05) is 15.9 Å². The zero-order valence-electron chi connectivity index (χ0n) is 8.64. The van der Waals surface area contributed by atoms with E-state index in [2.05, 4.69) is 26.0 Å². The molecule has 17 heavy (non-hydrogen) atoms. The van der Waals surface area contributed by atoms with E-state index in [-0.39, 0.29) is 5.75 Å². The molecule has 1 aliphatic rings. The predicted octanol–water partition coefficient (Wildman–Crippen LogP) is 2.10. The molecule has 1 aromatic rings. The van der Waals surface area contributed by atoms with Gasteiger partial charge < -0.3 is 15.8 Å². The molecular formula is C10H10BrF3N2O. The molecule has 0 aromatic heterocycles. The highest BCUT2D eigenvalue weighted by atomic mass is 79.9. The first kappa shape index (κ1) is 12.7. The zero-order chi connectivity index (χ0) is 12.7. The Hall–Kier alpha value is -0.790. The monoisotopic (exact) mass is 310 g/mol. The molecule has 94 valence electrons. The molecule has 0 saturated carbocycles. The summed E-state index contributed by atoms with van der Waals surface area (Å²) in [6, 6.07) is 4.27. The van der Waals surface area contributed by atoms with E-state index < -0.39 is 11.9 Å². The van der Waals surface area contributed by atoms with Gasteiger partial charge in [-0.25, -0.2) is 0 Å². The van der Waals surface area contributed by atoms with Crippen molar-refractivity contribution < 1.29 is 17.9 Å². The Morgan fingerprint density at radius 2 is 1.94 bits per heavy atom. The zero-order valence-corrected chi connectivity index (χ0v) is 10.2. The highest BCUT2D eigenvalue weighted by Crippen LogP contribution is 2.32. The largest absolute Gasteiger partial charge is 0.573 e. The number of benzene rings is 1. The summed E-state index contributed by atoms with van der Waals surface area (Å²) in [4.78, 5) is 0. The summed E-state index contributed by atoms with van der Waals surface area (Å²) in [5.74, 6) is -0.265. The van der Waals surface area contributed by atoms with E-state index in [0.717, 1.165) is 0 Å². The smallest absolute Gasteiger partial charge is 0.406 e. The van der Waals surface area contributed by atoms with Gasteiger partial charge in [-0.3, -0.25) is 0 Å². The first-order chi connectivity index (χ1) is 7.78. The summed E-state index contributed by atoms with van der Waals surface area (Å²) in [5.41, 5.74) is 6.00. The molecule has 2 rings (SSSR count). The van der Waals surface area contributed by atoms with Crippen LogP contribution in [0.2, 0.25) is 0 Å². The summed E-state index contributed by atoms with van der Waals surface area (Å²) in [7, 11) is 0. The van der Waals surface area contributed by atoms with Crippen LogP contribution in [0.15, 0.2) is 22.7 Å². The molecule has 3 N–H and O–H groups in total. The topological polar surface area (TPSA) is 47.3 Å². The van der Waals surface area contributed by atoms with Crippen molar-refractivity contribution in [1.82, 2.24) is 5.32 Å². The van der Waals surface area contributed by atoms with Gasteiger partial charge in [-0.2, -0.15) is 0 Å². The Labute approximate surface area is 104 Å². The summed E-state index contributed by atoms with van der Waals surface area (Å²) < 4.78 is 40.7. The second-order valence-electron chi connectivity index (χ2n) is 3.98. The standard InChI is InChI=1S/C10H10BrF3N2O/c11-7-1-6(9(15)4-16-5-9)2-8(3-7)17-10(12,13)14/h1-3,16H,4-5,15H2. The van der Waals surface area contributed by atoms with E-state index in [0.29, 0.717) is 23.1 Å². The van der Waals surface area contributed by atoms with Gasteiger partial charge in [0.2, 0.25) is 0 Å². The average Bonchev–Trinajstić information content (AvgIpc) is 2.10. The molecule has 1 fully saturated rings. The Morgan fingerprint density at radius 1 is 1.29 bits per heavy atom. The quantitative estimate of drug-likeness (QED) is 0.879. The van der Waals surface area contributed by atoms with Crippen molar-refractivity contribution in [2.75, 3.05) is 13.1 Å². The minimum Gasteiger partial charge on any atom is -0.406 e. The van der Waals surface area contributed by atoms with E-state index in [1.807, 2.05) is 0 Å². The summed E-state index contributed by atoms with van der Waals surface area (Å²) >= 11 is 3.14. The van der Waals surface area contributed by atoms with Gasteiger partial charge >= 0.3 is 6.36 Å². The van der Waals surface area contributed by atoms with E-state index in [1.54, 1.807) is 6.07 Å². The lowest BCUT2D eigenvalue weighted by molar-refractivity contribution is -0.274. The van der Waals surface area contributed by atoms with Crippen molar-refractivity contribution in [1.29, 1.82) is 0 Å².